The Morgan fingerprint density at radius 1 is 0.951 bits per heavy atom. The first-order valence-corrected chi connectivity index (χ1v) is 15.6. The van der Waals surface area contributed by atoms with Gasteiger partial charge in [0.05, 0.1) is 15.6 Å². The fourth-order valence-electron chi connectivity index (χ4n) is 5.17. The fourth-order valence-corrected chi connectivity index (χ4v) is 5.77. The second kappa shape index (κ2) is 19.2. The van der Waals surface area contributed by atoms with Crippen LogP contribution in [0.2, 0.25) is 10.0 Å². The van der Waals surface area contributed by atoms with Crippen LogP contribution >= 0.6 is 35.6 Å². The van der Waals surface area contributed by atoms with E-state index in [-0.39, 0.29) is 70.6 Å². The number of hydrogen-bond acceptors (Lipinski definition) is 5. The van der Waals surface area contributed by atoms with E-state index in [1.165, 1.54) is 49.6 Å². The number of carbonyl (C=O) groups excluding carboxylic acids is 3. The molecule has 1 N–H and O–H groups in total. The molecule has 0 bridgehead atoms. The topological polar surface area (TPSA) is 90.3 Å². The van der Waals surface area contributed by atoms with E-state index in [2.05, 4.69) is 17.3 Å². The number of aromatic nitrogens is 2. The highest BCUT2D eigenvalue weighted by molar-refractivity contribution is 6.39. The molecule has 1 saturated carbocycles. The van der Waals surface area contributed by atoms with Crippen LogP contribution in [0.1, 0.15) is 130 Å². The first-order chi connectivity index (χ1) is 19.4. The van der Waals surface area contributed by atoms with Crippen molar-refractivity contribution in [2.75, 3.05) is 0 Å². The summed E-state index contributed by atoms with van der Waals surface area (Å²) in [4.78, 5) is 38.6. The van der Waals surface area contributed by atoms with E-state index in [1.807, 2.05) is 0 Å². The third kappa shape index (κ3) is 12.0. The van der Waals surface area contributed by atoms with Gasteiger partial charge in [0, 0.05) is 30.6 Å². The Morgan fingerprint density at radius 3 is 2.20 bits per heavy atom. The van der Waals surface area contributed by atoms with E-state index >= 15 is 0 Å². The summed E-state index contributed by atoms with van der Waals surface area (Å²) in [6.45, 7) is 2.10. The monoisotopic (exact) mass is 627 g/mol. The minimum absolute atomic E-state index is 0. The highest BCUT2D eigenvalue weighted by Gasteiger charge is 2.25. The number of esters is 1. The number of ketones is 1. The molecule has 0 radical (unpaired) electrons. The zero-order chi connectivity index (χ0) is 28.7. The quantitative estimate of drug-likeness (QED) is 0.108. The molecule has 1 aromatic carbocycles. The second-order valence-corrected chi connectivity index (χ2v) is 11.6. The van der Waals surface area contributed by atoms with Crippen molar-refractivity contribution in [2.45, 2.75) is 122 Å². The average Bonchev–Trinajstić information content (AvgIpc) is 3.34. The largest absolute Gasteiger partial charge is 0.442 e. The number of carbonyl (C=O) groups is 3. The molecule has 1 aromatic heterocycles. The summed E-state index contributed by atoms with van der Waals surface area (Å²) in [6, 6.07) is 4.97. The molecule has 1 aliphatic carbocycles. The molecule has 3 rings (SSSR count). The molecule has 10 heteroatoms. The first kappa shape index (κ1) is 35.1. The first-order valence-electron chi connectivity index (χ1n) is 14.9. The van der Waals surface area contributed by atoms with E-state index in [0.717, 1.165) is 44.9 Å². The summed E-state index contributed by atoms with van der Waals surface area (Å²) in [5.41, 5.74) is 0.797. The molecule has 1 heterocycles. The highest BCUT2D eigenvalue weighted by atomic mass is 35.5. The lowest BCUT2D eigenvalue weighted by Gasteiger charge is -2.22. The molecule has 0 unspecified atom stereocenters. The number of nitrogens with one attached hydrogen (secondary N) is 1. The van der Waals surface area contributed by atoms with E-state index in [0.29, 0.717) is 12.0 Å². The van der Waals surface area contributed by atoms with Gasteiger partial charge in [-0.1, -0.05) is 107 Å². The number of rotatable bonds is 17. The fraction of sp³-hybridized carbons (Fsp3) is 0.613. The molecule has 0 spiro atoms. The highest BCUT2D eigenvalue weighted by Crippen LogP contribution is 2.26. The maximum Gasteiger partial charge on any atom is 0.307 e. The number of nitrogens with zero attached hydrogens (tertiary/aromatic N) is 2. The average molecular weight is 629 g/mol. The maximum atomic E-state index is 13.2. The zero-order valence-electron chi connectivity index (χ0n) is 24.1. The third-order valence-electron chi connectivity index (χ3n) is 7.43. The smallest absolute Gasteiger partial charge is 0.307 e. The van der Waals surface area contributed by atoms with Crippen LogP contribution in [0.4, 0.5) is 0 Å². The lowest BCUT2D eigenvalue weighted by molar-refractivity contribution is -0.148. The van der Waals surface area contributed by atoms with Gasteiger partial charge in [-0.3, -0.25) is 14.4 Å². The normalized spacial score (nSPS) is 13.4. The van der Waals surface area contributed by atoms with Crippen molar-refractivity contribution in [3.05, 3.63) is 51.3 Å². The predicted molar refractivity (Wildman–Crippen MR) is 166 cm³/mol. The Hall–Kier alpha value is -2.09. The van der Waals surface area contributed by atoms with Crippen molar-refractivity contribution < 1.29 is 19.1 Å². The standard InChI is InChI=1S/C31H43Cl2N3O4.ClH/c1-2-3-4-5-6-7-8-9-13-19-28(38)40-22-36-21-23(20-27(37)29-25(32)17-14-18-26(29)33)30(35-36)31(39)34-24-15-11-10-12-16-24;/h14,17-18,21,24H,2-13,15-16,19-20,22H2,1H3,(H,34,39);1H. The molecule has 41 heavy (non-hydrogen) atoms. The van der Waals surface area contributed by atoms with Gasteiger partial charge in [0.1, 0.15) is 0 Å². The molecule has 7 nitrogen and oxygen atoms in total. The van der Waals surface area contributed by atoms with Gasteiger partial charge < -0.3 is 10.1 Å². The van der Waals surface area contributed by atoms with Gasteiger partial charge in [0.25, 0.3) is 5.91 Å². The summed E-state index contributed by atoms with van der Waals surface area (Å²) < 4.78 is 6.83. The van der Waals surface area contributed by atoms with Crippen LogP contribution in [0, 0.1) is 0 Å². The summed E-state index contributed by atoms with van der Waals surface area (Å²) >= 11 is 12.5. The minimum atomic E-state index is -0.334. The molecule has 1 amide bonds. The zero-order valence-corrected chi connectivity index (χ0v) is 26.4. The SMILES string of the molecule is CCCCCCCCCCCC(=O)OCn1cc(CC(=O)c2c(Cl)cccc2Cl)c(C(=O)NC2CCCCC2)n1.Cl. The van der Waals surface area contributed by atoms with E-state index in [4.69, 9.17) is 27.9 Å². The van der Waals surface area contributed by atoms with Crippen molar-refractivity contribution in [3.8, 4) is 0 Å². The van der Waals surface area contributed by atoms with Crippen molar-refractivity contribution in [1.29, 1.82) is 0 Å². The summed E-state index contributed by atoms with van der Waals surface area (Å²) in [6.07, 6.45) is 17.6. The Morgan fingerprint density at radius 2 is 1.56 bits per heavy atom. The number of amides is 1. The molecular weight excluding hydrogens is 585 g/mol. The van der Waals surface area contributed by atoms with Crippen LogP contribution in [-0.2, 0) is 22.7 Å². The number of unbranched alkanes of at least 4 members (excludes halogenated alkanes) is 8. The molecule has 2 aromatic rings. The van der Waals surface area contributed by atoms with Crippen LogP contribution in [-0.4, -0.2) is 33.5 Å². The number of hydrogen-bond donors (Lipinski definition) is 1. The molecule has 0 aliphatic heterocycles. The van der Waals surface area contributed by atoms with Crippen molar-refractivity contribution in [3.63, 3.8) is 0 Å². The van der Waals surface area contributed by atoms with Crippen molar-refractivity contribution in [2.24, 2.45) is 0 Å². The molecule has 1 aliphatic rings. The minimum Gasteiger partial charge on any atom is -0.442 e. The van der Waals surface area contributed by atoms with Gasteiger partial charge in [0.15, 0.2) is 18.2 Å². The Labute approximate surface area is 260 Å². The Kier molecular flexibility index (Phi) is 16.4. The van der Waals surface area contributed by atoms with Gasteiger partial charge >= 0.3 is 5.97 Å². The van der Waals surface area contributed by atoms with Crippen LogP contribution in [0.15, 0.2) is 24.4 Å². The number of halogens is 3. The molecule has 1 fully saturated rings. The van der Waals surface area contributed by atoms with Crippen molar-refractivity contribution >= 4 is 53.3 Å². The van der Waals surface area contributed by atoms with Gasteiger partial charge in [-0.2, -0.15) is 5.10 Å². The van der Waals surface area contributed by atoms with E-state index in [9.17, 15) is 14.4 Å². The summed E-state index contributed by atoms with van der Waals surface area (Å²) in [7, 11) is 0. The van der Waals surface area contributed by atoms with Gasteiger partial charge in [-0.15, -0.1) is 12.4 Å². The van der Waals surface area contributed by atoms with E-state index < -0.39 is 0 Å². The summed E-state index contributed by atoms with van der Waals surface area (Å²) in [5, 5.41) is 7.97. The maximum absolute atomic E-state index is 13.2. The van der Waals surface area contributed by atoms with Crippen molar-refractivity contribution in [1.82, 2.24) is 15.1 Å². The summed E-state index contributed by atoms with van der Waals surface area (Å²) in [5.74, 6) is -0.948. The van der Waals surface area contributed by atoms with Crippen LogP contribution in [0.5, 0.6) is 0 Å². The lowest BCUT2D eigenvalue weighted by atomic mass is 9.95. The van der Waals surface area contributed by atoms with Gasteiger partial charge in [-0.25, -0.2) is 4.68 Å². The van der Waals surface area contributed by atoms with Gasteiger partial charge in [-0.05, 0) is 31.4 Å². The second-order valence-electron chi connectivity index (χ2n) is 10.8. The van der Waals surface area contributed by atoms with Crippen LogP contribution in [0.3, 0.4) is 0 Å². The van der Waals surface area contributed by atoms with Crippen LogP contribution < -0.4 is 5.32 Å². The Balaban J connectivity index is 0.00000588. The third-order valence-corrected chi connectivity index (χ3v) is 8.06. The van der Waals surface area contributed by atoms with E-state index in [1.54, 1.807) is 24.4 Å². The van der Waals surface area contributed by atoms with Crippen LogP contribution in [0.25, 0.3) is 0 Å². The number of benzene rings is 1. The molecule has 0 saturated heterocycles. The number of Topliss-reactive ketones (excluding diaryl/α,β-unsaturated/α-hetero) is 1. The molecule has 228 valence electrons. The van der Waals surface area contributed by atoms with Gasteiger partial charge in [0.2, 0.25) is 0 Å². The molecule has 0 atom stereocenters. The predicted octanol–water partition coefficient (Wildman–Crippen LogP) is 8.52. The lowest BCUT2D eigenvalue weighted by Crippen LogP contribution is -2.37. The Bertz CT molecular complexity index is 1100. The number of ether oxygens (including phenoxy) is 1. The molecular formula is C31H44Cl3N3O4.